The molecule has 0 bridgehead atoms. The van der Waals surface area contributed by atoms with Gasteiger partial charge in [-0.1, -0.05) is 12.1 Å². The van der Waals surface area contributed by atoms with Crippen LogP contribution in [0.25, 0.3) is 0 Å². The SMILES string of the molecule is CC(=O)Nc1cccc(C(C)NCCc2cscn2)c1. The highest BCUT2D eigenvalue weighted by atomic mass is 32.1. The minimum atomic E-state index is -0.0497. The Bertz CT molecular complexity index is 554. The molecule has 1 unspecified atom stereocenters. The summed E-state index contributed by atoms with van der Waals surface area (Å²) in [6.07, 6.45) is 0.930. The Hall–Kier alpha value is -1.72. The van der Waals surface area contributed by atoms with E-state index in [0.29, 0.717) is 0 Å². The molecule has 0 fully saturated rings. The third-order valence-corrected chi connectivity index (χ3v) is 3.66. The molecule has 0 aliphatic carbocycles. The summed E-state index contributed by atoms with van der Waals surface area (Å²) in [5.74, 6) is -0.0497. The summed E-state index contributed by atoms with van der Waals surface area (Å²) in [6.45, 7) is 4.52. The van der Waals surface area contributed by atoms with Gasteiger partial charge in [0.25, 0.3) is 0 Å². The van der Waals surface area contributed by atoms with Crippen LogP contribution in [0, 0.1) is 0 Å². The Balaban J connectivity index is 1.88. The van der Waals surface area contributed by atoms with Crippen molar-refractivity contribution in [1.82, 2.24) is 10.3 Å². The monoisotopic (exact) mass is 289 g/mol. The molecule has 106 valence electrons. The van der Waals surface area contributed by atoms with Crippen molar-refractivity contribution in [3.05, 3.63) is 46.4 Å². The molecule has 0 saturated heterocycles. The predicted molar refractivity (Wildman–Crippen MR) is 83.0 cm³/mol. The van der Waals surface area contributed by atoms with Crippen LogP contribution in [0.4, 0.5) is 5.69 Å². The minimum Gasteiger partial charge on any atom is -0.326 e. The first kappa shape index (κ1) is 14.7. The fourth-order valence-electron chi connectivity index (χ4n) is 1.98. The van der Waals surface area contributed by atoms with E-state index in [1.807, 2.05) is 23.7 Å². The van der Waals surface area contributed by atoms with Gasteiger partial charge >= 0.3 is 0 Å². The second-order valence-corrected chi connectivity index (χ2v) is 5.43. The zero-order valence-electron chi connectivity index (χ0n) is 11.7. The molecular formula is C15H19N3OS. The maximum Gasteiger partial charge on any atom is 0.221 e. The normalized spacial score (nSPS) is 12.1. The lowest BCUT2D eigenvalue weighted by atomic mass is 10.1. The number of anilines is 1. The van der Waals surface area contributed by atoms with E-state index in [-0.39, 0.29) is 11.9 Å². The largest absolute Gasteiger partial charge is 0.326 e. The van der Waals surface area contributed by atoms with Crippen molar-refractivity contribution in [2.75, 3.05) is 11.9 Å². The number of nitrogens with one attached hydrogen (secondary N) is 2. The first-order valence-electron chi connectivity index (χ1n) is 6.63. The Morgan fingerprint density at radius 2 is 2.30 bits per heavy atom. The minimum absolute atomic E-state index is 0.0497. The Morgan fingerprint density at radius 1 is 1.45 bits per heavy atom. The molecule has 1 atom stereocenters. The number of carbonyl (C=O) groups is 1. The average Bonchev–Trinajstić information content (AvgIpc) is 2.91. The summed E-state index contributed by atoms with van der Waals surface area (Å²) in [5.41, 5.74) is 4.98. The molecule has 0 radical (unpaired) electrons. The zero-order chi connectivity index (χ0) is 14.4. The Labute approximate surface area is 123 Å². The number of carbonyl (C=O) groups excluding carboxylic acids is 1. The van der Waals surface area contributed by atoms with Gasteiger partial charge in [-0.25, -0.2) is 4.98 Å². The molecule has 1 aromatic carbocycles. The molecule has 20 heavy (non-hydrogen) atoms. The van der Waals surface area contributed by atoms with Crippen molar-refractivity contribution in [2.24, 2.45) is 0 Å². The molecule has 2 aromatic rings. The first-order valence-corrected chi connectivity index (χ1v) is 7.57. The topological polar surface area (TPSA) is 54.0 Å². The quantitative estimate of drug-likeness (QED) is 0.859. The second kappa shape index (κ2) is 7.17. The molecule has 1 heterocycles. The first-order chi connectivity index (χ1) is 9.65. The van der Waals surface area contributed by atoms with Crippen LogP contribution in [0.3, 0.4) is 0 Å². The van der Waals surface area contributed by atoms with Crippen LogP contribution in [-0.4, -0.2) is 17.4 Å². The van der Waals surface area contributed by atoms with Gasteiger partial charge in [0.2, 0.25) is 5.91 Å². The number of thiazole rings is 1. The maximum absolute atomic E-state index is 11.1. The van der Waals surface area contributed by atoms with Gasteiger partial charge in [0.05, 0.1) is 11.2 Å². The summed E-state index contributed by atoms with van der Waals surface area (Å²) in [7, 11) is 0. The van der Waals surface area contributed by atoms with Gasteiger partial charge in [-0.05, 0) is 24.6 Å². The van der Waals surface area contributed by atoms with Crippen molar-refractivity contribution in [3.8, 4) is 0 Å². The van der Waals surface area contributed by atoms with Gasteiger partial charge in [-0.2, -0.15) is 0 Å². The number of benzene rings is 1. The van der Waals surface area contributed by atoms with Crippen molar-refractivity contribution < 1.29 is 4.79 Å². The van der Waals surface area contributed by atoms with Crippen molar-refractivity contribution in [3.63, 3.8) is 0 Å². The predicted octanol–water partition coefficient (Wildman–Crippen LogP) is 2.99. The van der Waals surface area contributed by atoms with Crippen molar-refractivity contribution >= 4 is 22.9 Å². The highest BCUT2D eigenvalue weighted by molar-refractivity contribution is 7.07. The molecule has 0 spiro atoms. The standard InChI is InChI=1S/C15H19N3OS/c1-11(16-7-6-15-9-20-10-17-15)13-4-3-5-14(8-13)18-12(2)19/h3-5,8-11,16H,6-7H2,1-2H3,(H,18,19). The van der Waals surface area contributed by atoms with Gasteiger partial charge < -0.3 is 10.6 Å². The molecule has 1 amide bonds. The van der Waals surface area contributed by atoms with Crippen molar-refractivity contribution in [2.45, 2.75) is 26.3 Å². The number of rotatable bonds is 6. The van der Waals surface area contributed by atoms with Crippen LogP contribution >= 0.6 is 11.3 Å². The van der Waals surface area contributed by atoms with Crippen LogP contribution in [0.1, 0.15) is 31.1 Å². The van der Waals surface area contributed by atoms with E-state index in [0.717, 1.165) is 29.9 Å². The molecule has 0 aliphatic rings. The van der Waals surface area contributed by atoms with E-state index in [1.165, 1.54) is 6.92 Å². The average molecular weight is 289 g/mol. The van der Waals surface area contributed by atoms with Crippen molar-refractivity contribution in [1.29, 1.82) is 0 Å². The number of amides is 1. The van der Waals surface area contributed by atoms with Gasteiger partial charge in [0.15, 0.2) is 0 Å². The van der Waals surface area contributed by atoms with Gasteiger partial charge in [0, 0.05) is 37.0 Å². The lowest BCUT2D eigenvalue weighted by Gasteiger charge is -2.15. The fraction of sp³-hybridized carbons (Fsp3) is 0.333. The van der Waals surface area contributed by atoms with E-state index in [4.69, 9.17) is 0 Å². The molecule has 0 saturated carbocycles. The summed E-state index contributed by atoms with van der Waals surface area (Å²) in [6, 6.07) is 8.15. The van der Waals surface area contributed by atoms with E-state index >= 15 is 0 Å². The van der Waals surface area contributed by atoms with Crippen LogP contribution in [0.15, 0.2) is 35.2 Å². The van der Waals surface area contributed by atoms with Crippen LogP contribution in [-0.2, 0) is 11.2 Å². The van der Waals surface area contributed by atoms with Crippen LogP contribution in [0.5, 0.6) is 0 Å². The van der Waals surface area contributed by atoms with Crippen LogP contribution < -0.4 is 10.6 Å². The van der Waals surface area contributed by atoms with Gasteiger partial charge in [0.1, 0.15) is 0 Å². The summed E-state index contributed by atoms with van der Waals surface area (Å²) >= 11 is 1.62. The molecule has 2 N–H and O–H groups in total. The highest BCUT2D eigenvalue weighted by Gasteiger charge is 2.06. The van der Waals surface area contributed by atoms with Gasteiger partial charge in [-0.15, -0.1) is 11.3 Å². The zero-order valence-corrected chi connectivity index (χ0v) is 12.5. The molecule has 5 heteroatoms. The lowest BCUT2D eigenvalue weighted by Crippen LogP contribution is -2.21. The smallest absolute Gasteiger partial charge is 0.221 e. The molecule has 0 aliphatic heterocycles. The Kier molecular flexibility index (Phi) is 5.26. The third-order valence-electron chi connectivity index (χ3n) is 3.02. The third kappa shape index (κ3) is 4.43. The van der Waals surface area contributed by atoms with E-state index in [1.54, 1.807) is 11.3 Å². The lowest BCUT2D eigenvalue weighted by molar-refractivity contribution is -0.114. The molecule has 4 nitrogen and oxygen atoms in total. The number of nitrogens with zero attached hydrogens (tertiary/aromatic N) is 1. The van der Waals surface area contributed by atoms with Crippen LogP contribution in [0.2, 0.25) is 0 Å². The second-order valence-electron chi connectivity index (χ2n) is 4.71. The molecule has 1 aromatic heterocycles. The van der Waals surface area contributed by atoms with E-state index in [2.05, 4.69) is 34.0 Å². The maximum atomic E-state index is 11.1. The number of aromatic nitrogens is 1. The summed E-state index contributed by atoms with van der Waals surface area (Å²) in [4.78, 5) is 15.3. The van der Waals surface area contributed by atoms with Gasteiger partial charge in [-0.3, -0.25) is 4.79 Å². The van der Waals surface area contributed by atoms with E-state index < -0.39 is 0 Å². The fourth-order valence-corrected chi connectivity index (χ4v) is 2.58. The summed E-state index contributed by atoms with van der Waals surface area (Å²) < 4.78 is 0. The summed E-state index contributed by atoms with van der Waals surface area (Å²) in [5, 5.41) is 8.35. The number of hydrogen-bond donors (Lipinski definition) is 2. The molecule has 2 rings (SSSR count). The highest BCUT2D eigenvalue weighted by Crippen LogP contribution is 2.17. The number of hydrogen-bond acceptors (Lipinski definition) is 4. The molecular weight excluding hydrogens is 270 g/mol. The Morgan fingerprint density at radius 3 is 3.00 bits per heavy atom. The van der Waals surface area contributed by atoms with E-state index in [9.17, 15) is 4.79 Å².